The molecule has 4 aromatic carbocycles. The van der Waals surface area contributed by atoms with E-state index in [0.717, 1.165) is 58.3 Å². The Bertz CT molecular complexity index is 2050. The second kappa shape index (κ2) is 14.6. The van der Waals surface area contributed by atoms with E-state index >= 15 is 4.39 Å². The van der Waals surface area contributed by atoms with Crippen LogP contribution < -0.4 is 19.7 Å². The lowest BCUT2D eigenvalue weighted by molar-refractivity contribution is -0.126. The van der Waals surface area contributed by atoms with Crippen LogP contribution in [0, 0.1) is 5.82 Å². The van der Waals surface area contributed by atoms with E-state index < -0.39 is 14.9 Å². The number of benzene rings is 4. The molecule has 1 aliphatic carbocycles. The molecule has 2 aliphatic rings. The van der Waals surface area contributed by atoms with Crippen molar-refractivity contribution in [3.63, 3.8) is 0 Å². The van der Waals surface area contributed by atoms with Crippen LogP contribution in [0.15, 0.2) is 97.6 Å². The fourth-order valence-corrected chi connectivity index (χ4v) is 9.52. The highest BCUT2D eigenvalue weighted by atomic mass is 35.5. The molecule has 1 amide bonds. The van der Waals surface area contributed by atoms with E-state index in [2.05, 4.69) is 74.7 Å². The number of hydrogen-bond donors (Lipinski definition) is 0. The molecule has 1 saturated heterocycles. The number of halogens is 2. The SMILES string of the molecule is C=CC(=O)N1CCN(c2nnc(C3CCCC3)c3cc(-c4cccc(F)c4O[Si](c4ccccc4)c4ccc(C(C)(C)C)cc4)c(Cl)cc23)CC1. The van der Waals surface area contributed by atoms with Gasteiger partial charge in [-0.15, -0.1) is 5.10 Å². The van der Waals surface area contributed by atoms with Crippen molar-refractivity contribution in [2.75, 3.05) is 31.1 Å². The Labute approximate surface area is 306 Å². The molecule has 0 N–H and O–H groups in total. The number of piperazine rings is 1. The van der Waals surface area contributed by atoms with Crippen LogP contribution >= 0.6 is 11.6 Å². The second-order valence-electron chi connectivity index (χ2n) is 14.5. The molecular weight excluding hydrogens is 675 g/mol. The van der Waals surface area contributed by atoms with E-state index in [9.17, 15) is 4.79 Å². The monoisotopic (exact) mass is 717 g/mol. The Balaban J connectivity index is 1.32. The molecule has 0 spiro atoms. The molecule has 1 saturated carbocycles. The van der Waals surface area contributed by atoms with Crippen LogP contribution in [0.5, 0.6) is 5.75 Å². The normalized spacial score (nSPS) is 15.5. The van der Waals surface area contributed by atoms with Crippen LogP contribution in [0.1, 0.15) is 63.6 Å². The lowest BCUT2D eigenvalue weighted by atomic mass is 9.87. The van der Waals surface area contributed by atoms with Gasteiger partial charge in [0.2, 0.25) is 5.91 Å². The molecule has 1 aliphatic heterocycles. The minimum absolute atomic E-state index is 0.00503. The van der Waals surface area contributed by atoms with Crippen LogP contribution in [0.25, 0.3) is 21.9 Å². The lowest BCUT2D eigenvalue weighted by Gasteiger charge is -2.35. The topological polar surface area (TPSA) is 58.6 Å². The van der Waals surface area contributed by atoms with E-state index in [1.54, 1.807) is 11.0 Å². The van der Waals surface area contributed by atoms with Gasteiger partial charge in [0.05, 0.1) is 5.69 Å². The van der Waals surface area contributed by atoms with Gasteiger partial charge in [-0.3, -0.25) is 4.79 Å². The van der Waals surface area contributed by atoms with Crippen LogP contribution in [-0.2, 0) is 10.2 Å². The summed E-state index contributed by atoms with van der Waals surface area (Å²) in [5, 5.41) is 14.0. The van der Waals surface area contributed by atoms with Gasteiger partial charge in [-0.1, -0.05) is 119 Å². The van der Waals surface area contributed by atoms with Gasteiger partial charge in [-0.2, -0.15) is 5.10 Å². The van der Waals surface area contributed by atoms with Gasteiger partial charge >= 0.3 is 9.04 Å². The molecular formula is C42H43ClFN4O2Si. The first-order valence-electron chi connectivity index (χ1n) is 17.8. The number of anilines is 1. The van der Waals surface area contributed by atoms with Crippen molar-refractivity contribution >= 4 is 53.5 Å². The molecule has 9 heteroatoms. The first-order valence-corrected chi connectivity index (χ1v) is 19.6. The Morgan fingerprint density at radius 2 is 1.57 bits per heavy atom. The molecule has 6 nitrogen and oxygen atoms in total. The molecule has 2 heterocycles. The van der Waals surface area contributed by atoms with Crippen LogP contribution in [0.3, 0.4) is 0 Å². The van der Waals surface area contributed by atoms with E-state index in [1.807, 2.05) is 30.3 Å². The van der Waals surface area contributed by atoms with Gasteiger partial charge < -0.3 is 14.2 Å². The predicted molar refractivity (Wildman–Crippen MR) is 207 cm³/mol. The summed E-state index contributed by atoms with van der Waals surface area (Å²) < 4.78 is 23.0. The summed E-state index contributed by atoms with van der Waals surface area (Å²) in [5.74, 6) is 0.711. The molecule has 51 heavy (non-hydrogen) atoms. The maximum absolute atomic E-state index is 16.1. The summed E-state index contributed by atoms with van der Waals surface area (Å²) in [4.78, 5) is 16.2. The number of para-hydroxylation sites is 1. The zero-order valence-electron chi connectivity index (χ0n) is 29.5. The second-order valence-corrected chi connectivity index (χ2v) is 16.9. The van der Waals surface area contributed by atoms with Crippen molar-refractivity contribution in [3.8, 4) is 16.9 Å². The van der Waals surface area contributed by atoms with E-state index in [4.69, 9.17) is 26.2 Å². The third-order valence-electron chi connectivity index (χ3n) is 10.2. The fraction of sp³-hybridized carbons (Fsp3) is 0.310. The van der Waals surface area contributed by atoms with Gasteiger partial charge in [0.25, 0.3) is 0 Å². The predicted octanol–water partition coefficient (Wildman–Crippen LogP) is 8.06. The summed E-state index contributed by atoms with van der Waals surface area (Å²) >= 11 is 7.20. The number of carbonyl (C=O) groups excluding carboxylic acids is 1. The number of hydrogen-bond acceptors (Lipinski definition) is 5. The van der Waals surface area contributed by atoms with Crippen molar-refractivity contribution in [3.05, 3.63) is 120 Å². The van der Waals surface area contributed by atoms with Gasteiger partial charge in [0.1, 0.15) is 5.75 Å². The Morgan fingerprint density at radius 1 is 0.882 bits per heavy atom. The lowest BCUT2D eigenvalue weighted by Crippen LogP contribution is -2.48. The van der Waals surface area contributed by atoms with Crippen molar-refractivity contribution in [2.45, 2.75) is 57.8 Å². The first kappa shape index (κ1) is 34.9. The third-order valence-corrected chi connectivity index (χ3v) is 12.6. The summed E-state index contributed by atoms with van der Waals surface area (Å²) in [7, 11) is -1.92. The van der Waals surface area contributed by atoms with Crippen molar-refractivity contribution in [2.24, 2.45) is 0 Å². The summed E-state index contributed by atoms with van der Waals surface area (Å²) in [6.45, 7) is 12.6. The fourth-order valence-electron chi connectivity index (χ4n) is 7.31. The standard InChI is InChI=1S/C42H43ClFN4O2Si/c1-5-38(49)47-22-24-48(25-23-47)41-35-27-36(43)33(26-34(35)39(45-46-41)28-12-9-10-13-28)32-16-11-17-37(44)40(32)50-51(30-14-7-6-8-15-30)31-20-18-29(19-21-31)42(2,3)4/h5-8,11,14-21,26-28H,1,9-10,12-13,22-25H2,2-4H3. The molecule has 2 fully saturated rings. The van der Waals surface area contributed by atoms with Crippen molar-refractivity contribution in [1.82, 2.24) is 15.1 Å². The highest BCUT2D eigenvalue weighted by Gasteiger charge is 2.29. The molecule has 0 atom stereocenters. The first-order chi connectivity index (χ1) is 24.6. The number of aromatic nitrogens is 2. The summed E-state index contributed by atoms with van der Waals surface area (Å²) in [5.41, 5.74) is 3.47. The molecule has 0 unspecified atom stereocenters. The Kier molecular flexibility index (Phi) is 9.99. The average Bonchev–Trinajstić information content (AvgIpc) is 3.68. The quantitative estimate of drug-likeness (QED) is 0.120. The third kappa shape index (κ3) is 7.17. The summed E-state index contributed by atoms with van der Waals surface area (Å²) in [6.07, 6.45) is 5.76. The van der Waals surface area contributed by atoms with Gasteiger partial charge in [0, 0.05) is 59.0 Å². The largest absolute Gasteiger partial charge is 0.530 e. The smallest absolute Gasteiger partial charge is 0.352 e. The van der Waals surface area contributed by atoms with E-state index in [1.165, 1.54) is 17.7 Å². The van der Waals surface area contributed by atoms with Gasteiger partial charge in [-0.05, 0) is 58.5 Å². The van der Waals surface area contributed by atoms with Crippen molar-refractivity contribution in [1.29, 1.82) is 0 Å². The maximum atomic E-state index is 16.1. The maximum Gasteiger partial charge on any atom is 0.352 e. The average molecular weight is 718 g/mol. The Hall–Kier alpha value is -4.53. The Morgan fingerprint density at radius 3 is 2.24 bits per heavy atom. The molecule has 5 aromatic rings. The molecule has 1 radical (unpaired) electrons. The van der Waals surface area contributed by atoms with Crippen LogP contribution in [0.4, 0.5) is 10.2 Å². The zero-order valence-corrected chi connectivity index (χ0v) is 31.2. The van der Waals surface area contributed by atoms with Crippen molar-refractivity contribution < 1.29 is 13.6 Å². The van der Waals surface area contributed by atoms with Crippen LogP contribution in [0.2, 0.25) is 5.02 Å². The number of nitrogens with zero attached hydrogens (tertiary/aromatic N) is 4. The highest BCUT2D eigenvalue weighted by Crippen LogP contribution is 2.44. The number of carbonyl (C=O) groups is 1. The molecule has 0 bridgehead atoms. The zero-order chi connectivity index (χ0) is 35.7. The number of rotatable bonds is 8. The number of amides is 1. The summed E-state index contributed by atoms with van der Waals surface area (Å²) in [6, 6.07) is 27.7. The highest BCUT2D eigenvalue weighted by molar-refractivity contribution is 6.80. The minimum Gasteiger partial charge on any atom is -0.530 e. The van der Waals surface area contributed by atoms with E-state index in [-0.39, 0.29) is 23.0 Å². The molecule has 7 rings (SSSR count). The van der Waals surface area contributed by atoms with Gasteiger partial charge in [-0.25, -0.2) is 4.39 Å². The number of fused-ring (bicyclic) bond motifs is 1. The molecule has 261 valence electrons. The van der Waals surface area contributed by atoms with Gasteiger partial charge in [0.15, 0.2) is 11.6 Å². The minimum atomic E-state index is -1.92. The van der Waals surface area contributed by atoms with E-state index in [0.29, 0.717) is 42.3 Å². The molecule has 1 aromatic heterocycles. The van der Waals surface area contributed by atoms with Crippen LogP contribution in [-0.4, -0.2) is 56.2 Å².